The third-order valence-corrected chi connectivity index (χ3v) is 5.63. The normalized spacial score (nSPS) is 22.3. The fourth-order valence-electron chi connectivity index (χ4n) is 3.81. The van der Waals surface area contributed by atoms with E-state index in [9.17, 15) is 26.3 Å². The highest BCUT2D eigenvalue weighted by Crippen LogP contribution is 2.36. The molecule has 3 atom stereocenters. The SMILES string of the molecule is CN(C)CCO[C@H]1CN(Cc2ccc3c(c2)OCO3)[C@@H]2COC[C@H]12.O=C(O)C(F)(F)F.O=C(O)C(F)(F)F. The van der Waals surface area contributed by atoms with Crippen LogP contribution in [0.3, 0.4) is 0 Å². The number of rotatable bonds is 6. The van der Waals surface area contributed by atoms with Crippen LogP contribution in [0.1, 0.15) is 5.56 Å². The van der Waals surface area contributed by atoms with E-state index in [4.69, 9.17) is 38.7 Å². The zero-order valence-corrected chi connectivity index (χ0v) is 20.4. The van der Waals surface area contributed by atoms with Gasteiger partial charge in [0.1, 0.15) is 0 Å². The van der Waals surface area contributed by atoms with Crippen LogP contribution >= 0.6 is 0 Å². The van der Waals surface area contributed by atoms with Crippen molar-refractivity contribution in [3.05, 3.63) is 23.8 Å². The van der Waals surface area contributed by atoms with Gasteiger partial charge in [0.25, 0.3) is 0 Å². The third-order valence-electron chi connectivity index (χ3n) is 5.63. The van der Waals surface area contributed by atoms with Crippen LogP contribution in [0.5, 0.6) is 11.5 Å². The Balaban J connectivity index is 0.000000301. The fraction of sp³-hybridized carbons (Fsp3) is 0.636. The highest BCUT2D eigenvalue weighted by atomic mass is 19.4. The number of carboxylic acids is 2. The lowest BCUT2D eigenvalue weighted by atomic mass is 10.0. The van der Waals surface area contributed by atoms with Crippen molar-refractivity contribution >= 4 is 11.9 Å². The van der Waals surface area contributed by atoms with Crippen LogP contribution in [0.25, 0.3) is 0 Å². The Morgan fingerprint density at radius 1 is 1.03 bits per heavy atom. The number of hydrogen-bond acceptors (Lipinski definition) is 8. The maximum atomic E-state index is 10.6. The van der Waals surface area contributed by atoms with Gasteiger partial charge in [0, 0.05) is 31.6 Å². The molecule has 1 aromatic rings. The topological polar surface area (TPSA) is 118 Å². The number of carbonyl (C=O) groups is 2. The largest absolute Gasteiger partial charge is 0.490 e. The van der Waals surface area contributed by atoms with E-state index in [1.807, 2.05) is 6.07 Å². The van der Waals surface area contributed by atoms with Crippen molar-refractivity contribution in [3.8, 4) is 11.5 Å². The van der Waals surface area contributed by atoms with E-state index in [0.29, 0.717) is 18.8 Å². The summed E-state index contributed by atoms with van der Waals surface area (Å²) in [6.45, 7) is 5.55. The molecule has 0 saturated carbocycles. The summed E-state index contributed by atoms with van der Waals surface area (Å²) in [5.41, 5.74) is 1.25. The van der Waals surface area contributed by atoms with E-state index >= 15 is 0 Å². The lowest BCUT2D eigenvalue weighted by Gasteiger charge is -2.22. The molecule has 10 nitrogen and oxygen atoms in total. The third kappa shape index (κ3) is 9.49. The van der Waals surface area contributed by atoms with Crippen LogP contribution < -0.4 is 9.47 Å². The van der Waals surface area contributed by atoms with Crippen molar-refractivity contribution in [1.82, 2.24) is 9.80 Å². The molecule has 0 amide bonds. The lowest BCUT2D eigenvalue weighted by Crippen LogP contribution is -2.32. The van der Waals surface area contributed by atoms with Gasteiger partial charge in [-0.25, -0.2) is 9.59 Å². The van der Waals surface area contributed by atoms with E-state index in [1.165, 1.54) is 5.56 Å². The summed E-state index contributed by atoms with van der Waals surface area (Å²) >= 11 is 0. The first kappa shape index (κ1) is 31.4. The second-order valence-electron chi connectivity index (χ2n) is 8.70. The van der Waals surface area contributed by atoms with E-state index in [1.54, 1.807) is 0 Å². The molecular weight excluding hydrogens is 534 g/mol. The number of ether oxygens (including phenoxy) is 4. The maximum Gasteiger partial charge on any atom is 0.490 e. The number of alkyl halides is 6. The van der Waals surface area contributed by atoms with Gasteiger partial charge in [-0.05, 0) is 31.8 Å². The Bertz CT molecular complexity index is 919. The van der Waals surface area contributed by atoms with Crippen molar-refractivity contribution in [3.63, 3.8) is 0 Å². The zero-order chi connectivity index (χ0) is 28.7. The highest BCUT2D eigenvalue weighted by molar-refractivity contribution is 5.73. The van der Waals surface area contributed by atoms with Crippen LogP contribution in [-0.2, 0) is 25.6 Å². The summed E-state index contributed by atoms with van der Waals surface area (Å²) in [6.07, 6.45) is -9.90. The molecular formula is C22H28F6N2O8. The minimum Gasteiger partial charge on any atom is -0.475 e. The number of fused-ring (bicyclic) bond motifs is 2. The molecule has 0 aliphatic carbocycles. The van der Waals surface area contributed by atoms with Crippen LogP contribution in [-0.4, -0.2) is 110 Å². The molecule has 3 aliphatic heterocycles. The highest BCUT2D eigenvalue weighted by Gasteiger charge is 2.46. The Hall–Kier alpha value is -2.82. The number of hydrogen-bond donors (Lipinski definition) is 2. The van der Waals surface area contributed by atoms with Gasteiger partial charge in [0.15, 0.2) is 11.5 Å². The van der Waals surface area contributed by atoms with Crippen molar-refractivity contribution in [2.45, 2.75) is 31.0 Å². The van der Waals surface area contributed by atoms with Gasteiger partial charge in [0.2, 0.25) is 6.79 Å². The van der Waals surface area contributed by atoms with Crippen LogP contribution in [0, 0.1) is 5.92 Å². The van der Waals surface area contributed by atoms with E-state index in [-0.39, 0.29) is 6.10 Å². The quantitative estimate of drug-likeness (QED) is 0.501. The molecule has 0 radical (unpaired) electrons. The Morgan fingerprint density at radius 2 is 1.61 bits per heavy atom. The van der Waals surface area contributed by atoms with Gasteiger partial charge in [0.05, 0.1) is 25.9 Å². The van der Waals surface area contributed by atoms with Crippen molar-refractivity contribution in [1.29, 1.82) is 0 Å². The molecule has 0 unspecified atom stereocenters. The summed E-state index contributed by atoms with van der Waals surface area (Å²) in [6, 6.07) is 6.67. The average Bonchev–Trinajstić information content (AvgIpc) is 3.51. The van der Waals surface area contributed by atoms with Gasteiger partial charge in [-0.1, -0.05) is 6.07 Å². The fourth-order valence-corrected chi connectivity index (χ4v) is 3.81. The molecule has 2 saturated heterocycles. The van der Waals surface area contributed by atoms with Gasteiger partial charge >= 0.3 is 24.3 Å². The number of carboxylic acid groups (broad SMARTS) is 2. The molecule has 1 aromatic carbocycles. The number of aliphatic carboxylic acids is 2. The number of likely N-dealkylation sites (N-methyl/N-ethyl adjacent to an activating group) is 1. The van der Waals surface area contributed by atoms with Gasteiger partial charge in [-0.2, -0.15) is 26.3 Å². The number of halogens is 6. The minimum absolute atomic E-state index is 0.270. The van der Waals surface area contributed by atoms with Gasteiger partial charge < -0.3 is 34.1 Å². The first-order valence-corrected chi connectivity index (χ1v) is 11.2. The lowest BCUT2D eigenvalue weighted by molar-refractivity contribution is -0.193. The summed E-state index contributed by atoms with van der Waals surface area (Å²) in [5.74, 6) is -3.34. The standard InChI is InChI=1S/C18H26N2O4.2C2HF3O2/c1-19(2)5-6-22-18-9-20(15-11-21-10-14(15)18)8-13-3-4-16-17(7-13)24-12-23-16;2*3-2(4,5)1(6)7/h3-4,7,14-15,18H,5-6,8-12H2,1-2H3;2*(H,6,7)/t14-,15+,18-;;/m0../s1. The molecule has 216 valence electrons. The maximum absolute atomic E-state index is 10.6. The molecule has 0 spiro atoms. The average molecular weight is 562 g/mol. The number of likely N-dealkylation sites (tertiary alicyclic amines) is 1. The summed E-state index contributed by atoms with van der Waals surface area (Å²) in [7, 11) is 4.15. The summed E-state index contributed by atoms with van der Waals surface area (Å²) in [4.78, 5) is 22.4. The predicted molar refractivity (Wildman–Crippen MR) is 117 cm³/mol. The molecule has 16 heteroatoms. The monoisotopic (exact) mass is 562 g/mol. The molecule has 38 heavy (non-hydrogen) atoms. The Labute approximate surface area is 213 Å². The van der Waals surface area contributed by atoms with E-state index in [2.05, 4.69) is 36.0 Å². The summed E-state index contributed by atoms with van der Waals surface area (Å²) < 4.78 is 86.3. The van der Waals surface area contributed by atoms with Crippen LogP contribution in [0.4, 0.5) is 26.3 Å². The minimum atomic E-state index is -5.08. The first-order chi connectivity index (χ1) is 17.6. The van der Waals surface area contributed by atoms with Crippen molar-refractivity contribution in [2.75, 3.05) is 53.8 Å². The Kier molecular flexibility index (Phi) is 11.0. The summed E-state index contributed by atoms with van der Waals surface area (Å²) in [5, 5.41) is 14.2. The first-order valence-electron chi connectivity index (χ1n) is 11.2. The molecule has 3 aliphatic rings. The van der Waals surface area contributed by atoms with E-state index < -0.39 is 24.3 Å². The van der Waals surface area contributed by atoms with E-state index in [0.717, 1.165) is 51.0 Å². The number of nitrogens with zero attached hydrogens (tertiary/aromatic N) is 2. The zero-order valence-electron chi connectivity index (χ0n) is 20.4. The Morgan fingerprint density at radius 3 is 2.16 bits per heavy atom. The van der Waals surface area contributed by atoms with Gasteiger partial charge in [-0.3, -0.25) is 4.90 Å². The smallest absolute Gasteiger partial charge is 0.475 e. The van der Waals surface area contributed by atoms with Crippen molar-refractivity contribution < 1.29 is 65.1 Å². The van der Waals surface area contributed by atoms with Crippen molar-refractivity contribution in [2.24, 2.45) is 5.92 Å². The van der Waals surface area contributed by atoms with Crippen LogP contribution in [0.15, 0.2) is 18.2 Å². The molecule has 2 fully saturated rings. The van der Waals surface area contributed by atoms with Crippen LogP contribution in [0.2, 0.25) is 0 Å². The second kappa shape index (κ2) is 13.3. The molecule has 4 rings (SSSR count). The molecule has 3 heterocycles. The molecule has 0 bridgehead atoms. The second-order valence-corrected chi connectivity index (χ2v) is 8.70. The van der Waals surface area contributed by atoms with Gasteiger partial charge in [-0.15, -0.1) is 0 Å². The number of benzene rings is 1. The predicted octanol–water partition coefficient (Wildman–Crippen LogP) is 2.46. The molecule has 2 N–H and O–H groups in total. The molecule has 0 aromatic heterocycles.